The molecule has 0 bridgehead atoms. The topological polar surface area (TPSA) is 225 Å². The van der Waals surface area contributed by atoms with Crippen molar-refractivity contribution in [3.8, 4) is 11.1 Å². The summed E-state index contributed by atoms with van der Waals surface area (Å²) in [5.41, 5.74) is 21.4. The molecule has 2 aliphatic rings. The van der Waals surface area contributed by atoms with Gasteiger partial charge in [-0.1, -0.05) is 86.3 Å². The Bertz CT molecular complexity index is 3090. The second-order valence-corrected chi connectivity index (χ2v) is 18.1. The molecular weight excluding hydrogens is 937 g/mol. The van der Waals surface area contributed by atoms with Crippen LogP contribution in [0.1, 0.15) is 84.9 Å². The van der Waals surface area contributed by atoms with E-state index in [1.807, 2.05) is 132 Å². The summed E-state index contributed by atoms with van der Waals surface area (Å²) in [5, 5.41) is 16.3. The monoisotopic (exact) mass is 1000 g/mol. The maximum atomic E-state index is 12.9. The quantitative estimate of drug-likeness (QED) is 0.0164. The molecule has 0 fully saturated rings. The number of unbranched alkanes of at least 4 members (excludes halogenated alkanes) is 6. The maximum Gasteiger partial charge on any atom is 0.251 e. The van der Waals surface area contributed by atoms with Crippen LogP contribution in [0.25, 0.3) is 11.1 Å². The van der Waals surface area contributed by atoms with Gasteiger partial charge in [0.2, 0.25) is 11.4 Å². The molecule has 8 rings (SSSR count). The van der Waals surface area contributed by atoms with Crippen LogP contribution in [0.4, 0.5) is 45.8 Å². The van der Waals surface area contributed by atoms with Crippen LogP contribution in [0.2, 0.25) is 0 Å². The first kappa shape index (κ1) is 52.3. The molecule has 9 N–H and O–H groups in total. The van der Waals surface area contributed by atoms with E-state index in [4.69, 9.17) is 21.5 Å². The molecule has 0 atom stereocenters. The number of hydrogen-bond donors (Lipinski definition) is 7. The minimum absolute atomic E-state index is 0.0889. The fourth-order valence-electron chi connectivity index (χ4n) is 8.28. The van der Waals surface area contributed by atoms with Crippen LogP contribution in [-0.2, 0) is 0 Å². The molecule has 16 heteroatoms. The average molecular weight is 1000 g/mol. The molecule has 2 aliphatic heterocycles. The highest BCUT2D eigenvalue weighted by Crippen LogP contribution is 2.33. The third-order valence-corrected chi connectivity index (χ3v) is 12.5. The van der Waals surface area contributed by atoms with Gasteiger partial charge >= 0.3 is 0 Å². The number of carbonyl (C=O) groups is 2. The zero-order chi connectivity index (χ0) is 52.0. The summed E-state index contributed by atoms with van der Waals surface area (Å²) in [5.74, 6) is 2.30. The van der Waals surface area contributed by atoms with Gasteiger partial charge in [-0.3, -0.25) is 9.59 Å². The van der Waals surface area contributed by atoms with Crippen LogP contribution in [0, 0.1) is 0 Å². The lowest BCUT2D eigenvalue weighted by atomic mass is 10.0. The number of nitrogen functional groups attached to an aromatic ring is 1. The Morgan fingerprint density at radius 3 is 1.72 bits per heavy atom. The van der Waals surface area contributed by atoms with E-state index in [-0.39, 0.29) is 11.8 Å². The zero-order valence-electron chi connectivity index (χ0n) is 42.2. The number of carbonyl (C=O) groups excluding carboxylic acids is 2. The van der Waals surface area contributed by atoms with Gasteiger partial charge < -0.3 is 38.1 Å². The van der Waals surface area contributed by atoms with Crippen molar-refractivity contribution in [2.24, 2.45) is 25.7 Å². The lowest BCUT2D eigenvalue weighted by molar-refractivity contribution is 0.0944. The average Bonchev–Trinajstić information content (AvgIpc) is 3.44. The summed E-state index contributed by atoms with van der Waals surface area (Å²) in [6, 6.07) is 38.7. The highest BCUT2D eigenvalue weighted by atomic mass is 16.2. The van der Waals surface area contributed by atoms with Crippen molar-refractivity contribution in [1.82, 2.24) is 30.5 Å². The van der Waals surface area contributed by atoms with Gasteiger partial charge in [-0.2, -0.15) is 4.58 Å². The summed E-state index contributed by atoms with van der Waals surface area (Å²) in [7, 11) is 0. The predicted molar refractivity (Wildman–Crippen MR) is 308 cm³/mol. The van der Waals surface area contributed by atoms with Crippen molar-refractivity contribution in [2.75, 3.05) is 42.5 Å². The fraction of sp³-hybridized carbons (Fsp3) is 0.237. The maximum absolute atomic E-state index is 12.9. The minimum Gasteiger partial charge on any atom is -0.384 e. The molecule has 382 valence electrons. The van der Waals surface area contributed by atoms with Gasteiger partial charge in [0.15, 0.2) is 5.69 Å². The number of pyridine rings is 2. The summed E-state index contributed by atoms with van der Waals surface area (Å²) in [6.07, 6.45) is 19.8. The Hall–Kier alpha value is -9.05. The van der Waals surface area contributed by atoms with Crippen molar-refractivity contribution in [3.63, 3.8) is 0 Å². The summed E-state index contributed by atoms with van der Waals surface area (Å²) < 4.78 is 1.86. The third-order valence-electron chi connectivity index (χ3n) is 12.5. The van der Waals surface area contributed by atoms with Crippen molar-refractivity contribution in [2.45, 2.75) is 64.2 Å². The Morgan fingerprint density at radius 2 is 1.13 bits per heavy atom. The first-order valence-corrected chi connectivity index (χ1v) is 25.6. The van der Waals surface area contributed by atoms with Crippen LogP contribution in [0.3, 0.4) is 0 Å². The van der Waals surface area contributed by atoms with Gasteiger partial charge in [-0.15, -0.1) is 0 Å². The van der Waals surface area contributed by atoms with Crippen molar-refractivity contribution in [3.05, 3.63) is 169 Å². The van der Waals surface area contributed by atoms with E-state index >= 15 is 0 Å². The zero-order valence-corrected chi connectivity index (χ0v) is 42.2. The van der Waals surface area contributed by atoms with E-state index in [0.717, 1.165) is 121 Å². The number of aliphatic imine (C=N–C) groups is 4. The molecule has 2 aromatic heterocycles. The second-order valence-electron chi connectivity index (χ2n) is 18.1. The third kappa shape index (κ3) is 16.0. The van der Waals surface area contributed by atoms with E-state index in [9.17, 15) is 9.59 Å². The molecular formula is C59H65N14O2+. The molecule has 0 saturated carbocycles. The summed E-state index contributed by atoms with van der Waals surface area (Å²) >= 11 is 0. The number of anilines is 4. The molecule has 6 aromatic rings. The molecule has 0 spiro atoms. The van der Waals surface area contributed by atoms with Crippen LogP contribution in [0.15, 0.2) is 177 Å². The van der Waals surface area contributed by atoms with Crippen molar-refractivity contribution in [1.29, 1.82) is 0 Å². The van der Waals surface area contributed by atoms with Crippen LogP contribution in [0.5, 0.6) is 0 Å². The number of benzene rings is 4. The first-order valence-electron chi connectivity index (χ1n) is 25.6. The molecule has 2 amide bonds. The molecule has 0 aliphatic carbocycles. The largest absolute Gasteiger partial charge is 0.384 e. The number of hydrogen-bond acceptors (Lipinski definition) is 13. The number of rotatable bonds is 25. The Morgan fingerprint density at radius 1 is 0.587 bits per heavy atom. The highest BCUT2D eigenvalue weighted by molar-refractivity contribution is 6.33. The van der Waals surface area contributed by atoms with Gasteiger partial charge in [0, 0.05) is 74.0 Å². The molecule has 16 nitrogen and oxygen atoms in total. The number of nitrogens with two attached hydrogens (primary N) is 2. The first-order chi connectivity index (χ1) is 36.7. The smallest absolute Gasteiger partial charge is 0.251 e. The molecule has 0 radical (unpaired) electrons. The molecule has 4 aromatic carbocycles. The van der Waals surface area contributed by atoms with Crippen molar-refractivity contribution < 1.29 is 9.59 Å². The van der Waals surface area contributed by atoms with Crippen molar-refractivity contribution >= 4 is 88.1 Å². The Labute approximate surface area is 438 Å². The van der Waals surface area contributed by atoms with Crippen LogP contribution >= 0.6 is 0 Å². The second kappa shape index (κ2) is 27.1. The number of amides is 2. The SMILES string of the molecule is C=[N+](c1ccccc1)c1cc(NCCCCCCNC(=O)c2ccc(-c3ccc(C(=O)NCCCCCCNC4=CCC(=Nc5cnc(N)cc5Nc5ccccc5)C=N4)cc3)cc2)ncc1N=C1C=NC(N)=CC1. The van der Waals surface area contributed by atoms with E-state index in [1.165, 1.54) is 0 Å². The van der Waals surface area contributed by atoms with E-state index in [0.29, 0.717) is 60.1 Å². The van der Waals surface area contributed by atoms with Gasteiger partial charge in [0.05, 0.1) is 48.0 Å². The molecule has 4 heterocycles. The Kier molecular flexibility index (Phi) is 18.9. The molecule has 0 saturated heterocycles. The molecule has 0 unspecified atom stereocenters. The van der Waals surface area contributed by atoms with Gasteiger partial charge in [0.1, 0.15) is 35.7 Å². The fourth-order valence-corrected chi connectivity index (χ4v) is 8.28. The lowest BCUT2D eigenvalue weighted by Crippen LogP contribution is -2.24. The normalized spacial score (nSPS) is 14.0. The van der Waals surface area contributed by atoms with E-state index < -0.39 is 0 Å². The van der Waals surface area contributed by atoms with E-state index in [1.54, 1.807) is 30.9 Å². The Balaban J connectivity index is 0.670. The number of nitrogens with zero attached hydrogens (tertiary/aromatic N) is 7. The van der Waals surface area contributed by atoms with Gasteiger partial charge in [-0.05, 0) is 85.4 Å². The molecule has 75 heavy (non-hydrogen) atoms. The summed E-state index contributed by atoms with van der Waals surface area (Å²) in [4.78, 5) is 53.0. The van der Waals surface area contributed by atoms with E-state index in [2.05, 4.69) is 53.3 Å². The van der Waals surface area contributed by atoms with Gasteiger partial charge in [0.25, 0.3) is 11.8 Å². The standard InChI is InChI=1S/C59H64N14O2/c1-73(49-18-10-7-11-19-49)53-37-57(69-41-52(53)72-47-28-30-54(60)66-38-47)63-33-13-3-5-15-35-65-59(75)45-26-22-43(23-27-45)42-20-24-44(25-21-42)58(74)64-34-14-4-2-12-32-62-56-31-29-48(39-68-56)71-51-40-67-55(61)36-50(51)70-46-16-8-6-9-17-46/h6-11,16-27,30-31,36-41,62H,1-5,12-15,28-29,32-35,60H2,(H5-,61,63,64,65,66,67,68,69,70,74,75)/p+1. The number of para-hydroxylation sites is 2. The lowest BCUT2D eigenvalue weighted by Gasteiger charge is -2.13. The summed E-state index contributed by atoms with van der Waals surface area (Å²) in [6.45, 7) is 7.10. The number of aromatic nitrogens is 2. The predicted octanol–water partition coefficient (Wildman–Crippen LogP) is 10.7. The minimum atomic E-state index is -0.0949. The highest BCUT2D eigenvalue weighted by Gasteiger charge is 2.19. The van der Waals surface area contributed by atoms with Crippen LogP contribution in [-0.4, -0.2) is 78.5 Å². The van der Waals surface area contributed by atoms with Gasteiger partial charge in [-0.25, -0.2) is 29.9 Å². The number of nitrogens with one attached hydrogen (secondary N) is 5. The van der Waals surface area contributed by atoms with Crippen LogP contribution < -0.4 is 42.6 Å². The number of allylic oxidation sites excluding steroid dienone is 2.